The van der Waals surface area contributed by atoms with E-state index in [0.717, 1.165) is 50.6 Å². The number of likely N-dealkylation sites (N-methyl/N-ethyl adjacent to an activating group) is 1. The zero-order valence-corrected chi connectivity index (χ0v) is 17.8. The highest BCUT2D eigenvalue weighted by molar-refractivity contribution is 5.45. The lowest BCUT2D eigenvalue weighted by Crippen LogP contribution is -2.45. The van der Waals surface area contributed by atoms with Gasteiger partial charge in [-0.25, -0.2) is 0 Å². The largest absolute Gasteiger partial charge is 0.493 e. The second-order valence-corrected chi connectivity index (χ2v) is 8.20. The molecular weight excluding hydrogens is 338 g/mol. The van der Waals surface area contributed by atoms with E-state index >= 15 is 0 Å². The van der Waals surface area contributed by atoms with Crippen molar-refractivity contribution in [1.82, 2.24) is 15.1 Å². The molecule has 0 radical (unpaired) electrons. The van der Waals surface area contributed by atoms with E-state index in [1.54, 1.807) is 7.11 Å². The van der Waals surface area contributed by atoms with Crippen molar-refractivity contribution in [2.24, 2.45) is 0 Å². The average Bonchev–Trinajstić information content (AvgIpc) is 3.23. The molecule has 3 rings (SSSR count). The molecule has 2 saturated heterocycles. The van der Waals surface area contributed by atoms with Crippen LogP contribution in [0.15, 0.2) is 12.1 Å². The lowest BCUT2D eigenvalue weighted by atomic mass is 9.96. The zero-order valence-electron chi connectivity index (χ0n) is 17.8. The minimum atomic E-state index is 0.478. The summed E-state index contributed by atoms with van der Waals surface area (Å²) in [5.74, 6) is 1.03. The molecule has 0 saturated carbocycles. The summed E-state index contributed by atoms with van der Waals surface area (Å²) in [5, 5.41) is 3.36. The number of nitrogens with one attached hydrogen (secondary N) is 1. The molecule has 2 heterocycles. The standard InChI is InChI=1S/C22H37N3O2/c1-16-17(2)22(27-11-6-9-23-10-12-26-5)8-7-21(16)18(3)25-15-19-13-20(25)14-24(19)4/h7-8,18-20,23H,6,9-15H2,1-5H3/t18-,19?,20?/m0/s1. The van der Waals surface area contributed by atoms with Crippen molar-refractivity contribution in [3.05, 3.63) is 28.8 Å². The van der Waals surface area contributed by atoms with Gasteiger partial charge in [-0.2, -0.15) is 0 Å². The van der Waals surface area contributed by atoms with Crippen molar-refractivity contribution >= 4 is 0 Å². The van der Waals surface area contributed by atoms with Gasteiger partial charge in [-0.05, 0) is 70.0 Å². The molecule has 1 aromatic rings. The van der Waals surface area contributed by atoms with Gasteiger partial charge in [-0.3, -0.25) is 4.90 Å². The normalized spacial score (nSPS) is 23.9. The summed E-state index contributed by atoms with van der Waals surface area (Å²) in [7, 11) is 3.99. The molecule has 0 spiro atoms. The third-order valence-electron chi connectivity index (χ3n) is 6.52. The smallest absolute Gasteiger partial charge is 0.122 e. The van der Waals surface area contributed by atoms with Crippen LogP contribution in [0.3, 0.4) is 0 Å². The highest BCUT2D eigenvalue weighted by Crippen LogP contribution is 2.38. The third kappa shape index (κ3) is 4.65. The van der Waals surface area contributed by atoms with Crippen LogP contribution >= 0.6 is 0 Å². The lowest BCUT2D eigenvalue weighted by molar-refractivity contribution is 0.113. The van der Waals surface area contributed by atoms with Gasteiger partial charge in [0.05, 0.1) is 13.2 Å². The van der Waals surface area contributed by atoms with Gasteiger partial charge in [0.1, 0.15) is 5.75 Å². The maximum atomic E-state index is 6.06. The van der Waals surface area contributed by atoms with E-state index in [0.29, 0.717) is 6.04 Å². The third-order valence-corrected chi connectivity index (χ3v) is 6.52. The average molecular weight is 376 g/mol. The SMILES string of the molecule is COCCNCCCOc1ccc([C@H](C)N2CC3CC2CN3C)c(C)c1C. The molecule has 2 aliphatic heterocycles. The van der Waals surface area contributed by atoms with E-state index in [9.17, 15) is 0 Å². The number of nitrogens with zero attached hydrogens (tertiary/aromatic N) is 2. The van der Waals surface area contributed by atoms with E-state index in [2.05, 4.69) is 55.1 Å². The van der Waals surface area contributed by atoms with Gasteiger partial charge >= 0.3 is 0 Å². The number of fused-ring (bicyclic) bond motifs is 2. The summed E-state index contributed by atoms with van der Waals surface area (Å²) in [6, 6.07) is 6.41. The van der Waals surface area contributed by atoms with Crippen LogP contribution in [0.5, 0.6) is 5.75 Å². The summed E-state index contributed by atoms with van der Waals surface area (Å²) in [4.78, 5) is 5.23. The van der Waals surface area contributed by atoms with E-state index in [1.807, 2.05) is 0 Å². The van der Waals surface area contributed by atoms with Gasteiger partial charge in [0.2, 0.25) is 0 Å². The minimum Gasteiger partial charge on any atom is -0.493 e. The Labute approximate surface area is 165 Å². The van der Waals surface area contributed by atoms with Crippen LogP contribution in [0, 0.1) is 13.8 Å². The Morgan fingerprint density at radius 3 is 2.59 bits per heavy atom. The van der Waals surface area contributed by atoms with Crippen molar-refractivity contribution in [2.45, 2.75) is 51.7 Å². The molecule has 1 aromatic carbocycles. The monoisotopic (exact) mass is 375 g/mol. The van der Waals surface area contributed by atoms with E-state index in [-0.39, 0.29) is 0 Å². The number of hydrogen-bond acceptors (Lipinski definition) is 5. The number of benzene rings is 1. The van der Waals surface area contributed by atoms with E-state index in [1.165, 1.54) is 36.2 Å². The molecule has 2 unspecified atom stereocenters. The predicted molar refractivity (Wildman–Crippen MR) is 111 cm³/mol. The van der Waals surface area contributed by atoms with Gasteiger partial charge in [0.25, 0.3) is 0 Å². The Morgan fingerprint density at radius 2 is 1.93 bits per heavy atom. The number of likely N-dealkylation sites (tertiary alicyclic amines) is 2. The molecule has 0 aromatic heterocycles. The number of rotatable bonds is 10. The van der Waals surface area contributed by atoms with Gasteiger partial charge in [0, 0.05) is 44.9 Å². The summed E-state index contributed by atoms with van der Waals surface area (Å²) < 4.78 is 11.1. The van der Waals surface area contributed by atoms with Crippen LogP contribution in [0.25, 0.3) is 0 Å². The molecule has 2 fully saturated rings. The molecule has 152 valence electrons. The fourth-order valence-corrected chi connectivity index (χ4v) is 4.65. The fourth-order valence-electron chi connectivity index (χ4n) is 4.65. The molecule has 2 bridgehead atoms. The van der Waals surface area contributed by atoms with Crippen LogP contribution in [-0.4, -0.2) is 75.4 Å². The fraction of sp³-hybridized carbons (Fsp3) is 0.727. The number of piperazine rings is 1. The molecule has 0 aliphatic carbocycles. The van der Waals surface area contributed by atoms with Crippen molar-refractivity contribution in [2.75, 3.05) is 53.6 Å². The van der Waals surface area contributed by atoms with Crippen LogP contribution in [-0.2, 0) is 4.74 Å². The maximum Gasteiger partial charge on any atom is 0.122 e. The number of ether oxygens (including phenoxy) is 2. The van der Waals surface area contributed by atoms with Crippen molar-refractivity contribution in [3.8, 4) is 5.75 Å². The summed E-state index contributed by atoms with van der Waals surface area (Å²) in [6.45, 7) is 12.6. The molecule has 27 heavy (non-hydrogen) atoms. The van der Waals surface area contributed by atoms with Crippen LogP contribution in [0.2, 0.25) is 0 Å². The minimum absolute atomic E-state index is 0.478. The van der Waals surface area contributed by atoms with Crippen LogP contribution in [0.1, 0.15) is 42.5 Å². The first kappa shape index (κ1) is 20.6. The van der Waals surface area contributed by atoms with Crippen LogP contribution in [0.4, 0.5) is 0 Å². The number of hydrogen-bond donors (Lipinski definition) is 1. The zero-order chi connectivity index (χ0) is 19.4. The Balaban J connectivity index is 1.54. The topological polar surface area (TPSA) is 37.0 Å². The van der Waals surface area contributed by atoms with Crippen molar-refractivity contribution in [1.29, 1.82) is 0 Å². The summed E-state index contributed by atoms with van der Waals surface area (Å²) >= 11 is 0. The first-order chi connectivity index (χ1) is 13.0. The van der Waals surface area contributed by atoms with Crippen molar-refractivity contribution < 1.29 is 9.47 Å². The second-order valence-electron chi connectivity index (χ2n) is 8.20. The summed E-state index contributed by atoms with van der Waals surface area (Å²) in [5.41, 5.74) is 4.12. The van der Waals surface area contributed by atoms with Gasteiger partial charge in [-0.1, -0.05) is 6.07 Å². The van der Waals surface area contributed by atoms with E-state index < -0.39 is 0 Å². The highest BCUT2D eigenvalue weighted by Gasteiger charge is 2.43. The second kappa shape index (κ2) is 9.37. The Kier molecular flexibility index (Phi) is 7.15. The molecule has 2 aliphatic rings. The molecule has 5 heteroatoms. The van der Waals surface area contributed by atoms with Crippen molar-refractivity contribution in [3.63, 3.8) is 0 Å². The number of methoxy groups -OCH3 is 1. The van der Waals surface area contributed by atoms with E-state index in [4.69, 9.17) is 9.47 Å². The van der Waals surface area contributed by atoms with Gasteiger partial charge in [-0.15, -0.1) is 0 Å². The Morgan fingerprint density at radius 1 is 1.11 bits per heavy atom. The molecular formula is C22H37N3O2. The molecule has 5 nitrogen and oxygen atoms in total. The quantitative estimate of drug-likeness (QED) is 0.637. The Bertz CT molecular complexity index is 620. The predicted octanol–water partition coefficient (Wildman–Crippen LogP) is 2.76. The molecule has 1 N–H and O–H groups in total. The lowest BCUT2D eigenvalue weighted by Gasteiger charge is -2.37. The Hall–Kier alpha value is -1.14. The maximum absolute atomic E-state index is 6.06. The highest BCUT2D eigenvalue weighted by atomic mass is 16.5. The van der Waals surface area contributed by atoms with Gasteiger partial charge < -0.3 is 19.7 Å². The first-order valence-electron chi connectivity index (χ1n) is 10.4. The first-order valence-corrected chi connectivity index (χ1v) is 10.4. The van der Waals surface area contributed by atoms with Gasteiger partial charge in [0.15, 0.2) is 0 Å². The summed E-state index contributed by atoms with van der Waals surface area (Å²) in [6.07, 6.45) is 2.34. The molecule has 0 amide bonds. The molecule has 3 atom stereocenters. The van der Waals surface area contributed by atoms with Crippen LogP contribution < -0.4 is 10.1 Å².